The average molecular weight is 279 g/mol. The number of non-ortho nitro benzene ring substituents is 1. The molecule has 6 heteroatoms. The van der Waals surface area contributed by atoms with Crippen molar-refractivity contribution in [3.63, 3.8) is 0 Å². The number of fused-ring (bicyclic) bond motifs is 2. The third kappa shape index (κ3) is 1.81. The SMILES string of the molecule is O=[N+]([O-])c1ccc2c(c1)Sc1cccc(Cl)c1N2. The van der Waals surface area contributed by atoms with Gasteiger partial charge in [0.05, 0.1) is 21.3 Å². The van der Waals surface area contributed by atoms with Crippen LogP contribution in [0.15, 0.2) is 46.2 Å². The molecule has 2 aromatic carbocycles. The molecule has 0 saturated heterocycles. The summed E-state index contributed by atoms with van der Waals surface area (Å²) in [6.07, 6.45) is 0. The first-order valence-electron chi connectivity index (χ1n) is 5.17. The second-order valence-electron chi connectivity index (χ2n) is 3.78. The van der Waals surface area contributed by atoms with Crippen LogP contribution in [0.3, 0.4) is 0 Å². The summed E-state index contributed by atoms with van der Waals surface area (Å²) in [6, 6.07) is 10.3. The molecule has 1 N–H and O–H groups in total. The molecular weight excluding hydrogens is 272 g/mol. The van der Waals surface area contributed by atoms with Gasteiger partial charge < -0.3 is 5.32 Å². The second kappa shape index (κ2) is 4.19. The molecular formula is C12H7ClN2O2S. The van der Waals surface area contributed by atoms with Crippen molar-refractivity contribution in [3.05, 3.63) is 51.5 Å². The maximum Gasteiger partial charge on any atom is 0.270 e. The number of para-hydroxylation sites is 1. The van der Waals surface area contributed by atoms with Crippen LogP contribution < -0.4 is 5.32 Å². The van der Waals surface area contributed by atoms with Gasteiger partial charge in [-0.1, -0.05) is 29.4 Å². The van der Waals surface area contributed by atoms with Crippen molar-refractivity contribution in [1.82, 2.24) is 0 Å². The number of benzene rings is 2. The van der Waals surface area contributed by atoms with Crippen LogP contribution in [0, 0.1) is 10.1 Å². The minimum absolute atomic E-state index is 0.0912. The molecule has 0 aromatic heterocycles. The Morgan fingerprint density at radius 3 is 2.83 bits per heavy atom. The Balaban J connectivity index is 2.08. The van der Waals surface area contributed by atoms with Gasteiger partial charge in [0.15, 0.2) is 0 Å². The van der Waals surface area contributed by atoms with Gasteiger partial charge in [0, 0.05) is 21.9 Å². The maximum absolute atomic E-state index is 10.7. The summed E-state index contributed by atoms with van der Waals surface area (Å²) in [5, 5.41) is 14.6. The third-order valence-electron chi connectivity index (χ3n) is 2.63. The van der Waals surface area contributed by atoms with E-state index < -0.39 is 4.92 Å². The molecule has 1 aliphatic rings. The molecule has 0 unspecified atom stereocenters. The second-order valence-corrected chi connectivity index (χ2v) is 5.27. The molecule has 1 aliphatic heterocycles. The van der Waals surface area contributed by atoms with E-state index in [-0.39, 0.29) is 5.69 Å². The minimum atomic E-state index is -0.395. The van der Waals surface area contributed by atoms with Crippen LogP contribution in [-0.4, -0.2) is 4.92 Å². The van der Waals surface area contributed by atoms with E-state index in [4.69, 9.17) is 11.6 Å². The summed E-state index contributed by atoms with van der Waals surface area (Å²) in [4.78, 5) is 12.1. The van der Waals surface area contributed by atoms with E-state index in [1.165, 1.54) is 17.8 Å². The van der Waals surface area contributed by atoms with Crippen LogP contribution >= 0.6 is 23.4 Å². The summed E-state index contributed by atoms with van der Waals surface area (Å²) in [5.41, 5.74) is 1.78. The van der Waals surface area contributed by atoms with Crippen LogP contribution in [-0.2, 0) is 0 Å². The van der Waals surface area contributed by atoms with Gasteiger partial charge in [-0.2, -0.15) is 0 Å². The summed E-state index contributed by atoms with van der Waals surface area (Å²) in [6.45, 7) is 0. The third-order valence-corrected chi connectivity index (χ3v) is 4.06. The fourth-order valence-corrected chi connectivity index (χ4v) is 3.11. The predicted molar refractivity (Wildman–Crippen MR) is 72.0 cm³/mol. The highest BCUT2D eigenvalue weighted by molar-refractivity contribution is 7.99. The quantitative estimate of drug-likeness (QED) is 0.527. The predicted octanol–water partition coefficient (Wildman–Crippen LogP) is 4.46. The van der Waals surface area contributed by atoms with Crippen molar-refractivity contribution in [1.29, 1.82) is 0 Å². The molecule has 1 heterocycles. The highest BCUT2D eigenvalue weighted by atomic mass is 35.5. The van der Waals surface area contributed by atoms with Crippen molar-refractivity contribution in [2.75, 3.05) is 5.32 Å². The lowest BCUT2D eigenvalue weighted by molar-refractivity contribution is -0.385. The van der Waals surface area contributed by atoms with Crippen molar-refractivity contribution < 1.29 is 4.92 Å². The van der Waals surface area contributed by atoms with Crippen LogP contribution in [0.5, 0.6) is 0 Å². The molecule has 3 rings (SSSR count). The lowest BCUT2D eigenvalue weighted by Crippen LogP contribution is -2.01. The molecule has 0 radical (unpaired) electrons. The van der Waals surface area contributed by atoms with Crippen molar-refractivity contribution >= 4 is 40.4 Å². The average Bonchev–Trinajstić information content (AvgIpc) is 2.36. The zero-order valence-corrected chi connectivity index (χ0v) is 10.6. The minimum Gasteiger partial charge on any atom is -0.352 e. The highest BCUT2D eigenvalue weighted by Gasteiger charge is 2.20. The number of halogens is 1. The van der Waals surface area contributed by atoms with Gasteiger partial charge in [0.25, 0.3) is 5.69 Å². The molecule has 18 heavy (non-hydrogen) atoms. The van der Waals surface area contributed by atoms with E-state index in [9.17, 15) is 10.1 Å². The van der Waals surface area contributed by atoms with E-state index in [1.54, 1.807) is 12.1 Å². The van der Waals surface area contributed by atoms with Crippen LogP contribution in [0.4, 0.5) is 17.1 Å². The Morgan fingerprint density at radius 2 is 2.06 bits per heavy atom. The van der Waals surface area contributed by atoms with E-state index in [1.807, 2.05) is 18.2 Å². The Bertz CT molecular complexity index is 661. The normalized spacial score (nSPS) is 12.3. The fraction of sp³-hybridized carbons (Fsp3) is 0. The van der Waals surface area contributed by atoms with Gasteiger partial charge in [-0.15, -0.1) is 0 Å². The van der Waals surface area contributed by atoms with Gasteiger partial charge in [-0.3, -0.25) is 10.1 Å². The van der Waals surface area contributed by atoms with Gasteiger partial charge in [-0.25, -0.2) is 0 Å². The summed E-state index contributed by atoms with van der Waals surface area (Å²) in [5.74, 6) is 0. The zero-order chi connectivity index (χ0) is 12.7. The smallest absolute Gasteiger partial charge is 0.270 e. The number of nitrogens with zero attached hydrogens (tertiary/aromatic N) is 1. The van der Waals surface area contributed by atoms with Gasteiger partial charge >= 0.3 is 0 Å². The lowest BCUT2D eigenvalue weighted by Gasteiger charge is -2.21. The molecule has 0 bridgehead atoms. The number of rotatable bonds is 1. The summed E-state index contributed by atoms with van der Waals surface area (Å²) < 4.78 is 0. The molecule has 0 amide bonds. The van der Waals surface area contributed by atoms with Crippen molar-refractivity contribution in [2.45, 2.75) is 9.79 Å². The van der Waals surface area contributed by atoms with Crippen LogP contribution in [0.1, 0.15) is 0 Å². The van der Waals surface area contributed by atoms with E-state index in [0.29, 0.717) is 5.02 Å². The highest BCUT2D eigenvalue weighted by Crippen LogP contribution is 2.47. The number of hydrogen-bond acceptors (Lipinski definition) is 4. The molecule has 4 nitrogen and oxygen atoms in total. The number of anilines is 2. The largest absolute Gasteiger partial charge is 0.352 e. The molecule has 90 valence electrons. The Morgan fingerprint density at radius 1 is 1.22 bits per heavy atom. The number of nitro groups is 1. The Hall–Kier alpha value is -1.72. The number of nitro benzene ring substituents is 1. The first kappa shape index (κ1) is 11.4. The van der Waals surface area contributed by atoms with E-state index in [2.05, 4.69) is 5.32 Å². The van der Waals surface area contributed by atoms with E-state index >= 15 is 0 Å². The Labute approximate surface area is 112 Å². The standard InChI is InChI=1S/C12H7ClN2O2S/c13-8-2-1-3-10-12(8)14-9-5-4-7(15(16)17)6-11(9)18-10/h1-6,14H. The van der Waals surface area contributed by atoms with Crippen molar-refractivity contribution in [3.8, 4) is 0 Å². The van der Waals surface area contributed by atoms with Gasteiger partial charge in [0.1, 0.15) is 0 Å². The molecule has 0 aliphatic carbocycles. The molecule has 0 fully saturated rings. The summed E-state index contributed by atoms with van der Waals surface area (Å²) in [7, 11) is 0. The molecule has 0 atom stereocenters. The van der Waals surface area contributed by atoms with Gasteiger partial charge in [0.2, 0.25) is 0 Å². The first-order valence-corrected chi connectivity index (χ1v) is 6.36. The molecule has 0 spiro atoms. The first-order chi connectivity index (χ1) is 8.65. The zero-order valence-electron chi connectivity index (χ0n) is 9.01. The van der Waals surface area contributed by atoms with Crippen LogP contribution in [0.2, 0.25) is 5.02 Å². The lowest BCUT2D eigenvalue weighted by atomic mass is 10.2. The molecule has 2 aromatic rings. The Kier molecular flexibility index (Phi) is 2.65. The monoisotopic (exact) mass is 278 g/mol. The van der Waals surface area contributed by atoms with E-state index in [0.717, 1.165) is 21.2 Å². The summed E-state index contributed by atoms with van der Waals surface area (Å²) >= 11 is 7.58. The maximum atomic E-state index is 10.7. The molecule has 0 saturated carbocycles. The fourth-order valence-electron chi connectivity index (χ4n) is 1.78. The topological polar surface area (TPSA) is 55.2 Å². The number of nitrogens with one attached hydrogen (secondary N) is 1. The van der Waals surface area contributed by atoms with Crippen molar-refractivity contribution in [2.24, 2.45) is 0 Å². The van der Waals surface area contributed by atoms with Crippen LogP contribution in [0.25, 0.3) is 0 Å². The van der Waals surface area contributed by atoms with Gasteiger partial charge in [-0.05, 0) is 18.2 Å². The number of hydrogen-bond donors (Lipinski definition) is 1.